The Morgan fingerprint density at radius 2 is 1.24 bits per heavy atom. The second-order valence-corrected chi connectivity index (χ2v) is 4.12. The van der Waals surface area contributed by atoms with Crippen LogP contribution in [-0.4, -0.2) is 19.4 Å². The van der Waals surface area contributed by atoms with Crippen LogP contribution in [0.4, 0.5) is 39.5 Å². The van der Waals surface area contributed by atoms with Crippen molar-refractivity contribution >= 4 is 0 Å². The number of nitrogens with one attached hydrogen (secondary N) is 1. The third kappa shape index (κ3) is 3.80. The van der Waals surface area contributed by atoms with Gasteiger partial charge in [-0.1, -0.05) is 0 Å². The Hall–Kier alpha value is -1.45. The number of hydrogen-bond donors (Lipinski definition) is 1. The third-order valence-corrected chi connectivity index (χ3v) is 2.72. The molecule has 120 valence electrons. The van der Waals surface area contributed by atoms with Gasteiger partial charge in [0.2, 0.25) is 0 Å². The van der Waals surface area contributed by atoms with E-state index in [4.69, 9.17) is 0 Å². The molecule has 1 nitrogen and oxygen atoms in total. The van der Waals surface area contributed by atoms with Gasteiger partial charge in [0.25, 0.3) is 0 Å². The van der Waals surface area contributed by atoms with Gasteiger partial charge < -0.3 is 5.32 Å². The molecule has 0 aliphatic heterocycles. The van der Waals surface area contributed by atoms with E-state index in [1.165, 1.54) is 0 Å². The quantitative estimate of drug-likeness (QED) is 0.652. The van der Waals surface area contributed by atoms with Crippen LogP contribution >= 0.6 is 0 Å². The molecule has 0 heterocycles. The van der Waals surface area contributed by atoms with E-state index in [0.717, 1.165) is 7.05 Å². The van der Waals surface area contributed by atoms with Crippen LogP contribution in [0, 0.1) is 23.4 Å². The lowest BCUT2D eigenvalue weighted by Gasteiger charge is -2.31. The topological polar surface area (TPSA) is 12.0 Å². The van der Waals surface area contributed by atoms with Crippen LogP contribution in [0.3, 0.4) is 0 Å². The lowest BCUT2D eigenvalue weighted by Crippen LogP contribution is -2.45. The highest BCUT2D eigenvalue weighted by Gasteiger charge is 2.60. The second kappa shape index (κ2) is 5.74. The monoisotopic (exact) mass is 325 g/mol. The lowest BCUT2D eigenvalue weighted by molar-refractivity contribution is -0.292. The Balaban J connectivity index is 3.44. The molecule has 0 spiro atoms. The van der Waals surface area contributed by atoms with E-state index in [1.807, 2.05) is 0 Å². The molecule has 21 heavy (non-hydrogen) atoms. The van der Waals surface area contributed by atoms with Crippen molar-refractivity contribution in [3.05, 3.63) is 35.1 Å². The van der Waals surface area contributed by atoms with Crippen molar-refractivity contribution in [1.29, 1.82) is 0 Å². The Kier molecular flexibility index (Phi) is 4.81. The molecule has 0 saturated carbocycles. The molecule has 0 aromatic heterocycles. The highest BCUT2D eigenvalue weighted by atomic mass is 19.4. The zero-order valence-corrected chi connectivity index (χ0v) is 10.2. The van der Waals surface area contributed by atoms with Crippen molar-refractivity contribution < 1.29 is 39.5 Å². The van der Waals surface area contributed by atoms with Crippen molar-refractivity contribution in [1.82, 2.24) is 5.32 Å². The Morgan fingerprint density at radius 1 is 0.810 bits per heavy atom. The molecule has 0 aliphatic carbocycles. The first kappa shape index (κ1) is 17.6. The summed E-state index contributed by atoms with van der Waals surface area (Å²) in [4.78, 5) is 0. The zero-order valence-electron chi connectivity index (χ0n) is 10.2. The van der Waals surface area contributed by atoms with Gasteiger partial charge in [0.1, 0.15) is 5.82 Å². The molecule has 1 aromatic rings. The van der Waals surface area contributed by atoms with Gasteiger partial charge in [-0.25, -0.2) is 13.2 Å². The lowest BCUT2D eigenvalue weighted by atomic mass is 9.91. The fraction of sp³-hybridized carbons (Fsp3) is 0.455. The molecule has 1 atom stereocenters. The molecule has 10 heteroatoms. The molecule has 1 rings (SSSR count). The average molecular weight is 325 g/mol. The van der Waals surface area contributed by atoms with Crippen molar-refractivity contribution in [2.45, 2.75) is 18.4 Å². The maximum atomic E-state index is 13.4. The van der Waals surface area contributed by atoms with Crippen LogP contribution in [0.25, 0.3) is 0 Å². The summed E-state index contributed by atoms with van der Waals surface area (Å²) in [6.45, 7) is 0. The summed E-state index contributed by atoms with van der Waals surface area (Å²) in [7, 11) is 0.718. The van der Waals surface area contributed by atoms with E-state index in [9.17, 15) is 39.5 Å². The summed E-state index contributed by atoms with van der Waals surface area (Å²) in [5.41, 5.74) is -1.27. The van der Waals surface area contributed by atoms with Crippen LogP contribution < -0.4 is 5.32 Å². The van der Waals surface area contributed by atoms with Crippen LogP contribution in [0.2, 0.25) is 0 Å². The maximum Gasteiger partial charge on any atom is 0.402 e. The summed E-state index contributed by atoms with van der Waals surface area (Å²) < 4.78 is 115. The largest absolute Gasteiger partial charge is 0.402 e. The van der Waals surface area contributed by atoms with Gasteiger partial charge in [0, 0.05) is 11.6 Å². The molecule has 0 bridgehead atoms. The SMILES string of the molecule is CNC(c1cc(F)c(F)cc1F)C(C(F)(F)F)C(F)(F)F. The fourth-order valence-electron chi connectivity index (χ4n) is 1.84. The van der Waals surface area contributed by atoms with Crippen molar-refractivity contribution in [3.8, 4) is 0 Å². The number of halogens is 9. The van der Waals surface area contributed by atoms with E-state index in [0.29, 0.717) is 0 Å². The van der Waals surface area contributed by atoms with Gasteiger partial charge >= 0.3 is 12.4 Å². The van der Waals surface area contributed by atoms with Crippen LogP contribution in [0.15, 0.2) is 12.1 Å². The van der Waals surface area contributed by atoms with E-state index in [-0.39, 0.29) is 12.1 Å². The number of hydrogen-bond acceptors (Lipinski definition) is 1. The van der Waals surface area contributed by atoms with Gasteiger partial charge in [0.15, 0.2) is 17.6 Å². The van der Waals surface area contributed by atoms with Gasteiger partial charge in [-0.3, -0.25) is 0 Å². The summed E-state index contributed by atoms with van der Waals surface area (Å²) in [6, 6.07) is -2.80. The Labute approximate surface area is 112 Å². The molecule has 0 aliphatic rings. The molecule has 1 unspecified atom stereocenters. The van der Waals surface area contributed by atoms with E-state index in [2.05, 4.69) is 0 Å². The summed E-state index contributed by atoms with van der Waals surface area (Å²) >= 11 is 0. The smallest absolute Gasteiger partial charge is 0.312 e. The fourth-order valence-corrected chi connectivity index (χ4v) is 1.84. The predicted molar refractivity (Wildman–Crippen MR) is 53.7 cm³/mol. The highest BCUT2D eigenvalue weighted by Crippen LogP contribution is 2.46. The summed E-state index contributed by atoms with van der Waals surface area (Å²) in [5.74, 6) is -9.17. The minimum Gasteiger partial charge on any atom is -0.312 e. The maximum absolute atomic E-state index is 13.4. The van der Waals surface area contributed by atoms with Crippen LogP contribution in [0.5, 0.6) is 0 Å². The van der Waals surface area contributed by atoms with Gasteiger partial charge in [0.05, 0.1) is 6.04 Å². The van der Waals surface area contributed by atoms with Crippen LogP contribution in [-0.2, 0) is 0 Å². The highest BCUT2D eigenvalue weighted by molar-refractivity contribution is 5.25. The predicted octanol–water partition coefficient (Wildman–Crippen LogP) is 4.11. The van der Waals surface area contributed by atoms with Crippen LogP contribution in [0.1, 0.15) is 11.6 Å². The zero-order chi connectivity index (χ0) is 16.6. The summed E-state index contributed by atoms with van der Waals surface area (Å²) in [6.07, 6.45) is -11.5. The molecule has 0 saturated heterocycles. The molecule has 0 fully saturated rings. The number of benzene rings is 1. The second-order valence-electron chi connectivity index (χ2n) is 4.12. The van der Waals surface area contributed by atoms with Crippen molar-refractivity contribution in [2.24, 2.45) is 5.92 Å². The molecule has 1 N–H and O–H groups in total. The van der Waals surface area contributed by atoms with Gasteiger partial charge in [-0.15, -0.1) is 0 Å². The number of rotatable bonds is 3. The average Bonchev–Trinajstić information content (AvgIpc) is 2.27. The normalized spacial score (nSPS) is 14.6. The van der Waals surface area contributed by atoms with E-state index in [1.54, 1.807) is 5.32 Å². The molecule has 0 radical (unpaired) electrons. The van der Waals surface area contributed by atoms with E-state index >= 15 is 0 Å². The first-order valence-electron chi connectivity index (χ1n) is 5.34. The molecular formula is C11H8F9N. The molecular weight excluding hydrogens is 317 g/mol. The summed E-state index contributed by atoms with van der Waals surface area (Å²) in [5, 5.41) is 1.65. The van der Waals surface area contributed by atoms with E-state index < -0.39 is 47.3 Å². The first-order chi connectivity index (χ1) is 9.39. The first-order valence-corrected chi connectivity index (χ1v) is 5.34. The van der Waals surface area contributed by atoms with Crippen molar-refractivity contribution in [3.63, 3.8) is 0 Å². The third-order valence-electron chi connectivity index (χ3n) is 2.72. The minimum atomic E-state index is -5.76. The Morgan fingerprint density at radius 3 is 1.62 bits per heavy atom. The molecule has 0 amide bonds. The Bertz CT molecular complexity index is 492. The number of alkyl halides is 6. The van der Waals surface area contributed by atoms with Crippen molar-refractivity contribution in [2.75, 3.05) is 7.05 Å². The van der Waals surface area contributed by atoms with Gasteiger partial charge in [-0.05, 0) is 13.1 Å². The van der Waals surface area contributed by atoms with Gasteiger partial charge in [-0.2, -0.15) is 26.3 Å². The minimum absolute atomic E-state index is 0.0314. The molecule has 1 aromatic carbocycles. The standard InChI is InChI=1S/C11H8F9N/c1-21-8(9(10(15,16)17)11(18,19)20)4-2-6(13)7(14)3-5(4)12/h2-3,8-9,21H,1H3.